The van der Waals surface area contributed by atoms with E-state index in [1.54, 1.807) is 0 Å². The normalized spacial score (nSPS) is 12.5. The fourth-order valence-electron chi connectivity index (χ4n) is 5.04. The summed E-state index contributed by atoms with van der Waals surface area (Å²) in [6, 6.07) is 0. The van der Waals surface area contributed by atoms with Crippen LogP contribution in [0.2, 0.25) is 0 Å². The zero-order valence-corrected chi connectivity index (χ0v) is 23.4. The Bertz CT molecular complexity index is 379. The first-order valence-electron chi connectivity index (χ1n) is 15.6. The summed E-state index contributed by atoms with van der Waals surface area (Å²) in [7, 11) is 0. The quantitative estimate of drug-likeness (QED) is 0.0804. The van der Waals surface area contributed by atoms with Gasteiger partial charge in [0, 0.05) is 0 Å². The Kier molecular flexibility index (Phi) is 29.0. The molecule has 0 amide bonds. The maximum absolute atomic E-state index is 3.80. The van der Waals surface area contributed by atoms with Gasteiger partial charge in [-0.15, -0.1) is 6.58 Å². The third kappa shape index (κ3) is 27.6. The van der Waals surface area contributed by atoms with E-state index < -0.39 is 0 Å². The van der Waals surface area contributed by atoms with E-state index in [1.165, 1.54) is 167 Å². The van der Waals surface area contributed by atoms with E-state index >= 15 is 0 Å². The minimum absolute atomic E-state index is 1.00. The lowest BCUT2D eigenvalue weighted by atomic mass is 9.90. The number of allylic oxidation sites excluding steroid dienone is 3. The molecule has 0 rings (SSSR count). The molecule has 0 aliphatic heterocycles. The molecule has 0 N–H and O–H groups in total. The van der Waals surface area contributed by atoms with Crippen molar-refractivity contribution in [3.63, 3.8) is 0 Å². The van der Waals surface area contributed by atoms with Crippen molar-refractivity contribution in [2.24, 2.45) is 5.92 Å². The molecule has 1 atom stereocenters. The summed E-state index contributed by atoms with van der Waals surface area (Å²) in [5.74, 6) is 1.00. The SMILES string of the molecule is C=CCCCCCCCCCCCCCCCC=CCCCC(CCCC)CCCCCC. The lowest BCUT2D eigenvalue weighted by molar-refractivity contribution is 0.380. The van der Waals surface area contributed by atoms with Gasteiger partial charge in [-0.2, -0.15) is 0 Å². The maximum atomic E-state index is 3.80. The molecule has 0 aromatic carbocycles. The van der Waals surface area contributed by atoms with Gasteiger partial charge in [-0.25, -0.2) is 0 Å². The van der Waals surface area contributed by atoms with Gasteiger partial charge in [-0.3, -0.25) is 0 Å². The Hall–Kier alpha value is -0.520. The summed E-state index contributed by atoms with van der Waals surface area (Å²) >= 11 is 0. The first kappa shape index (κ1) is 32.5. The molecule has 0 radical (unpaired) electrons. The van der Waals surface area contributed by atoms with Crippen molar-refractivity contribution in [1.82, 2.24) is 0 Å². The molecule has 0 saturated heterocycles. The Labute approximate surface area is 211 Å². The number of hydrogen-bond acceptors (Lipinski definition) is 0. The van der Waals surface area contributed by atoms with Gasteiger partial charge in [0.2, 0.25) is 0 Å². The molecule has 0 aliphatic carbocycles. The van der Waals surface area contributed by atoms with Gasteiger partial charge in [0.05, 0.1) is 0 Å². The van der Waals surface area contributed by atoms with Crippen LogP contribution in [-0.2, 0) is 0 Å². The van der Waals surface area contributed by atoms with E-state index in [1.807, 2.05) is 0 Å². The van der Waals surface area contributed by atoms with Crippen molar-refractivity contribution in [1.29, 1.82) is 0 Å². The summed E-state index contributed by atoms with van der Waals surface area (Å²) in [5.41, 5.74) is 0. The van der Waals surface area contributed by atoms with Gasteiger partial charge in [0.1, 0.15) is 0 Å². The molecule has 0 spiro atoms. The van der Waals surface area contributed by atoms with Crippen LogP contribution in [0.4, 0.5) is 0 Å². The highest BCUT2D eigenvalue weighted by atomic mass is 14.1. The minimum Gasteiger partial charge on any atom is -0.103 e. The monoisotopic (exact) mass is 461 g/mol. The van der Waals surface area contributed by atoms with Crippen molar-refractivity contribution in [3.05, 3.63) is 24.8 Å². The van der Waals surface area contributed by atoms with E-state index in [4.69, 9.17) is 0 Å². The topological polar surface area (TPSA) is 0 Å². The molecular formula is C33H64. The molecule has 1 unspecified atom stereocenters. The van der Waals surface area contributed by atoms with Crippen LogP contribution in [0.25, 0.3) is 0 Å². The van der Waals surface area contributed by atoms with Crippen LogP contribution in [0, 0.1) is 5.92 Å². The molecule has 0 aromatic heterocycles. The van der Waals surface area contributed by atoms with E-state index in [0.29, 0.717) is 0 Å². The summed E-state index contributed by atoms with van der Waals surface area (Å²) in [6.07, 6.45) is 43.9. The molecule has 196 valence electrons. The van der Waals surface area contributed by atoms with E-state index in [0.717, 1.165) is 5.92 Å². The highest BCUT2D eigenvalue weighted by Gasteiger charge is 2.07. The molecule has 0 nitrogen and oxygen atoms in total. The van der Waals surface area contributed by atoms with Crippen molar-refractivity contribution in [2.45, 2.75) is 181 Å². The van der Waals surface area contributed by atoms with E-state index in [9.17, 15) is 0 Å². The number of hydrogen-bond donors (Lipinski definition) is 0. The van der Waals surface area contributed by atoms with Crippen LogP contribution in [0.3, 0.4) is 0 Å². The molecule has 0 bridgehead atoms. The fourth-order valence-corrected chi connectivity index (χ4v) is 5.04. The summed E-state index contributed by atoms with van der Waals surface area (Å²) in [4.78, 5) is 0. The zero-order chi connectivity index (χ0) is 24.1. The second-order valence-electron chi connectivity index (χ2n) is 10.7. The second-order valence-corrected chi connectivity index (χ2v) is 10.7. The smallest absolute Gasteiger partial charge is 0.0351 e. The van der Waals surface area contributed by atoms with Crippen LogP contribution < -0.4 is 0 Å². The van der Waals surface area contributed by atoms with Crippen LogP contribution in [0.1, 0.15) is 181 Å². The maximum Gasteiger partial charge on any atom is -0.0351 e. The van der Waals surface area contributed by atoms with Gasteiger partial charge >= 0.3 is 0 Å². The number of rotatable bonds is 28. The van der Waals surface area contributed by atoms with Crippen molar-refractivity contribution in [3.8, 4) is 0 Å². The Morgan fingerprint density at radius 3 is 1.33 bits per heavy atom. The van der Waals surface area contributed by atoms with E-state index in [-0.39, 0.29) is 0 Å². The van der Waals surface area contributed by atoms with Crippen LogP contribution >= 0.6 is 0 Å². The molecule has 0 aliphatic rings. The molecule has 0 aromatic rings. The average Bonchev–Trinajstić information content (AvgIpc) is 2.83. The van der Waals surface area contributed by atoms with Gasteiger partial charge in [0.25, 0.3) is 0 Å². The second kappa shape index (κ2) is 29.5. The summed E-state index contributed by atoms with van der Waals surface area (Å²) in [6.45, 7) is 8.45. The molecule has 0 fully saturated rings. The largest absolute Gasteiger partial charge is 0.103 e. The zero-order valence-electron chi connectivity index (χ0n) is 23.4. The third-order valence-electron chi connectivity index (χ3n) is 7.36. The Morgan fingerprint density at radius 1 is 0.424 bits per heavy atom. The lowest BCUT2D eigenvalue weighted by Gasteiger charge is -2.16. The first-order chi connectivity index (χ1) is 16.3. The predicted octanol–water partition coefficient (Wildman–Crippen LogP) is 12.5. The van der Waals surface area contributed by atoms with Crippen LogP contribution in [0.5, 0.6) is 0 Å². The van der Waals surface area contributed by atoms with E-state index in [2.05, 4.69) is 38.7 Å². The first-order valence-corrected chi connectivity index (χ1v) is 15.6. The van der Waals surface area contributed by atoms with Gasteiger partial charge in [-0.05, 0) is 44.4 Å². The third-order valence-corrected chi connectivity index (χ3v) is 7.36. The van der Waals surface area contributed by atoms with Gasteiger partial charge < -0.3 is 0 Å². The van der Waals surface area contributed by atoms with Crippen molar-refractivity contribution >= 4 is 0 Å². The predicted molar refractivity (Wildman–Crippen MR) is 154 cm³/mol. The average molecular weight is 461 g/mol. The molecule has 33 heavy (non-hydrogen) atoms. The van der Waals surface area contributed by atoms with Gasteiger partial charge in [0.15, 0.2) is 0 Å². The molecule has 0 heterocycles. The summed E-state index contributed by atoms with van der Waals surface area (Å²) in [5, 5.41) is 0. The molecule has 0 saturated carbocycles. The Morgan fingerprint density at radius 2 is 0.818 bits per heavy atom. The minimum atomic E-state index is 1.00. The van der Waals surface area contributed by atoms with Gasteiger partial charge in [-0.1, -0.05) is 160 Å². The van der Waals surface area contributed by atoms with Crippen LogP contribution in [0.15, 0.2) is 24.8 Å². The molecule has 0 heteroatoms. The van der Waals surface area contributed by atoms with Crippen LogP contribution in [-0.4, -0.2) is 0 Å². The highest BCUT2D eigenvalue weighted by molar-refractivity contribution is 4.81. The lowest BCUT2D eigenvalue weighted by Crippen LogP contribution is -2.01. The number of unbranched alkanes of at least 4 members (excludes halogenated alkanes) is 19. The van der Waals surface area contributed by atoms with Crippen molar-refractivity contribution in [2.75, 3.05) is 0 Å². The highest BCUT2D eigenvalue weighted by Crippen LogP contribution is 2.23. The molecular weight excluding hydrogens is 396 g/mol. The van der Waals surface area contributed by atoms with Crippen molar-refractivity contribution < 1.29 is 0 Å². The fraction of sp³-hybridized carbons (Fsp3) is 0.879. The standard InChI is InChI=1S/C33H64/c1-4-7-10-12-13-14-15-16-17-18-19-20-21-22-23-24-25-26-27-29-32-33(30-9-6-3)31-28-11-8-5-2/h4,25-26,33H,1,5-24,27-32H2,2-3H3. The Balaban J connectivity index is 3.38. The summed E-state index contributed by atoms with van der Waals surface area (Å²) < 4.78 is 0.